The number of ether oxygens (including phenoxy) is 1. The average molecular weight is 253 g/mol. The number of rotatable bonds is 6. The van der Waals surface area contributed by atoms with Gasteiger partial charge in [0, 0.05) is 12.6 Å². The van der Waals surface area contributed by atoms with Crippen LogP contribution in [0.25, 0.3) is 0 Å². The Balaban J connectivity index is 2.09. The number of carbonyl (C=O) groups excluding carboxylic acids is 1. The normalized spacial score (nSPS) is 16.9. The van der Waals surface area contributed by atoms with Crippen LogP contribution in [0.5, 0.6) is 0 Å². The van der Waals surface area contributed by atoms with E-state index in [9.17, 15) is 4.79 Å². The summed E-state index contributed by atoms with van der Waals surface area (Å²) >= 11 is 0. The van der Waals surface area contributed by atoms with Crippen molar-refractivity contribution >= 4 is 5.97 Å². The molecule has 0 bridgehead atoms. The van der Waals surface area contributed by atoms with Gasteiger partial charge in [-0.3, -0.25) is 4.90 Å². The van der Waals surface area contributed by atoms with Crippen LogP contribution in [0.15, 0.2) is 16.5 Å². The van der Waals surface area contributed by atoms with Crippen LogP contribution in [0.1, 0.15) is 42.1 Å². The minimum absolute atomic E-state index is 0.0584. The number of hydrogen-bond donors (Lipinski definition) is 1. The highest BCUT2D eigenvalue weighted by Gasteiger charge is 2.33. The predicted molar refractivity (Wildman–Crippen MR) is 65.3 cm³/mol. The van der Waals surface area contributed by atoms with Gasteiger partial charge in [0.15, 0.2) is 0 Å². The minimum atomic E-state index is -0.464. The summed E-state index contributed by atoms with van der Waals surface area (Å²) in [5.41, 5.74) is 0. The highest BCUT2D eigenvalue weighted by molar-refractivity contribution is 5.86. The Hall–Kier alpha value is -1.33. The van der Waals surface area contributed by atoms with Crippen molar-refractivity contribution in [1.29, 1.82) is 0 Å². The number of aliphatic hydroxyl groups is 1. The molecule has 1 heterocycles. The van der Waals surface area contributed by atoms with E-state index >= 15 is 0 Å². The standard InChI is InChI=1S/C13H19NO4/c1-9(14(7-8-15)10-3-4-10)11-5-6-12(18-11)13(16)17-2/h5-6,9-10,15H,3-4,7-8H2,1-2H3. The molecular formula is C13H19NO4. The molecule has 0 aromatic carbocycles. The van der Waals surface area contributed by atoms with Crippen molar-refractivity contribution in [3.05, 3.63) is 23.7 Å². The van der Waals surface area contributed by atoms with Crippen LogP contribution in [0.2, 0.25) is 0 Å². The summed E-state index contributed by atoms with van der Waals surface area (Å²) in [7, 11) is 1.33. The summed E-state index contributed by atoms with van der Waals surface area (Å²) in [4.78, 5) is 13.5. The van der Waals surface area contributed by atoms with Crippen molar-refractivity contribution < 1.29 is 19.1 Å². The second-order valence-corrected chi connectivity index (χ2v) is 4.56. The summed E-state index contributed by atoms with van der Waals surface area (Å²) in [5, 5.41) is 9.09. The maximum atomic E-state index is 11.3. The molecule has 0 spiro atoms. The van der Waals surface area contributed by atoms with Crippen LogP contribution in [-0.4, -0.2) is 42.3 Å². The van der Waals surface area contributed by atoms with Gasteiger partial charge in [0.1, 0.15) is 5.76 Å². The van der Waals surface area contributed by atoms with Crippen LogP contribution in [0.4, 0.5) is 0 Å². The molecule has 0 saturated heterocycles. The lowest BCUT2D eigenvalue weighted by molar-refractivity contribution is 0.0557. The molecule has 0 radical (unpaired) electrons. The van der Waals surface area contributed by atoms with E-state index in [1.54, 1.807) is 12.1 Å². The van der Waals surface area contributed by atoms with Gasteiger partial charge in [0.25, 0.3) is 0 Å². The molecule has 1 N–H and O–H groups in total. The number of methoxy groups -OCH3 is 1. The van der Waals surface area contributed by atoms with Gasteiger partial charge < -0.3 is 14.3 Å². The SMILES string of the molecule is COC(=O)c1ccc(C(C)N(CCO)C2CC2)o1. The third-order valence-electron chi connectivity index (χ3n) is 3.30. The fourth-order valence-electron chi connectivity index (χ4n) is 2.17. The van der Waals surface area contributed by atoms with Gasteiger partial charge in [0.05, 0.1) is 19.8 Å². The van der Waals surface area contributed by atoms with Gasteiger partial charge >= 0.3 is 5.97 Å². The Morgan fingerprint density at radius 2 is 2.33 bits per heavy atom. The summed E-state index contributed by atoms with van der Waals surface area (Å²) in [6.07, 6.45) is 2.32. The number of aliphatic hydroxyl groups excluding tert-OH is 1. The van der Waals surface area contributed by atoms with Gasteiger partial charge in [-0.25, -0.2) is 4.79 Å². The molecule has 18 heavy (non-hydrogen) atoms. The van der Waals surface area contributed by atoms with E-state index in [-0.39, 0.29) is 18.4 Å². The monoisotopic (exact) mass is 253 g/mol. The molecule has 1 fully saturated rings. The zero-order chi connectivity index (χ0) is 13.1. The van der Waals surface area contributed by atoms with Gasteiger partial charge in [-0.15, -0.1) is 0 Å². The third kappa shape index (κ3) is 2.73. The van der Waals surface area contributed by atoms with Crippen molar-refractivity contribution in [2.75, 3.05) is 20.3 Å². The fourth-order valence-corrected chi connectivity index (χ4v) is 2.17. The first-order valence-electron chi connectivity index (χ1n) is 6.22. The summed E-state index contributed by atoms with van der Waals surface area (Å²) < 4.78 is 10.1. The summed E-state index contributed by atoms with van der Waals surface area (Å²) in [6, 6.07) is 4.01. The maximum absolute atomic E-state index is 11.3. The van der Waals surface area contributed by atoms with Crippen LogP contribution in [-0.2, 0) is 4.74 Å². The maximum Gasteiger partial charge on any atom is 0.373 e. The van der Waals surface area contributed by atoms with E-state index in [2.05, 4.69) is 9.64 Å². The molecular weight excluding hydrogens is 234 g/mol. The minimum Gasteiger partial charge on any atom is -0.463 e. The van der Waals surface area contributed by atoms with Crippen molar-refractivity contribution in [3.8, 4) is 0 Å². The molecule has 100 valence electrons. The van der Waals surface area contributed by atoms with Crippen molar-refractivity contribution in [2.45, 2.75) is 31.8 Å². The lowest BCUT2D eigenvalue weighted by Gasteiger charge is -2.26. The second-order valence-electron chi connectivity index (χ2n) is 4.56. The van der Waals surface area contributed by atoms with Crippen molar-refractivity contribution in [2.24, 2.45) is 0 Å². The average Bonchev–Trinajstić information content (AvgIpc) is 3.10. The molecule has 5 heteroatoms. The topological polar surface area (TPSA) is 62.9 Å². The Morgan fingerprint density at radius 1 is 1.61 bits per heavy atom. The number of furan rings is 1. The van der Waals surface area contributed by atoms with Gasteiger partial charge in [0.2, 0.25) is 5.76 Å². The van der Waals surface area contributed by atoms with E-state index in [1.807, 2.05) is 6.92 Å². The molecule has 1 saturated carbocycles. The third-order valence-corrected chi connectivity index (χ3v) is 3.30. The molecule has 1 aliphatic carbocycles. The molecule has 1 atom stereocenters. The number of esters is 1. The van der Waals surface area contributed by atoms with Crippen LogP contribution >= 0.6 is 0 Å². The molecule has 1 unspecified atom stereocenters. The highest BCUT2D eigenvalue weighted by atomic mass is 16.5. The van der Waals surface area contributed by atoms with Crippen molar-refractivity contribution in [1.82, 2.24) is 4.90 Å². The van der Waals surface area contributed by atoms with Gasteiger partial charge in [-0.1, -0.05) is 0 Å². The molecule has 0 amide bonds. The number of nitrogens with zero attached hydrogens (tertiary/aromatic N) is 1. The first kappa shape index (κ1) is 13.1. The van der Waals surface area contributed by atoms with E-state index < -0.39 is 5.97 Å². The Labute approximate surface area is 106 Å². The predicted octanol–water partition coefficient (Wildman–Crippen LogP) is 1.58. The van der Waals surface area contributed by atoms with Crippen LogP contribution < -0.4 is 0 Å². The molecule has 0 aliphatic heterocycles. The lowest BCUT2D eigenvalue weighted by Crippen LogP contribution is -2.31. The molecule has 5 nitrogen and oxygen atoms in total. The summed E-state index contributed by atoms with van der Waals surface area (Å²) in [5.74, 6) is 0.489. The lowest BCUT2D eigenvalue weighted by atomic mass is 10.2. The molecule has 1 aliphatic rings. The zero-order valence-corrected chi connectivity index (χ0v) is 10.8. The van der Waals surface area contributed by atoms with Crippen LogP contribution in [0, 0.1) is 0 Å². The Kier molecular flexibility index (Phi) is 4.04. The number of carbonyl (C=O) groups is 1. The fraction of sp³-hybridized carbons (Fsp3) is 0.615. The largest absolute Gasteiger partial charge is 0.463 e. The first-order valence-corrected chi connectivity index (χ1v) is 6.22. The molecule has 1 aromatic heterocycles. The second kappa shape index (κ2) is 5.54. The van der Waals surface area contributed by atoms with Gasteiger partial charge in [-0.2, -0.15) is 0 Å². The van der Waals surface area contributed by atoms with E-state index in [0.717, 1.165) is 18.6 Å². The van der Waals surface area contributed by atoms with E-state index in [4.69, 9.17) is 9.52 Å². The van der Waals surface area contributed by atoms with E-state index in [1.165, 1.54) is 7.11 Å². The quantitative estimate of drug-likeness (QED) is 0.780. The molecule has 2 rings (SSSR count). The van der Waals surface area contributed by atoms with Crippen molar-refractivity contribution in [3.63, 3.8) is 0 Å². The Bertz CT molecular complexity index is 411. The molecule has 1 aromatic rings. The van der Waals surface area contributed by atoms with Crippen LogP contribution in [0.3, 0.4) is 0 Å². The highest BCUT2D eigenvalue weighted by Crippen LogP contribution is 2.34. The van der Waals surface area contributed by atoms with E-state index in [0.29, 0.717) is 12.6 Å². The summed E-state index contributed by atoms with van der Waals surface area (Å²) in [6.45, 7) is 2.78. The Morgan fingerprint density at radius 3 is 2.89 bits per heavy atom. The smallest absolute Gasteiger partial charge is 0.373 e. The first-order chi connectivity index (χ1) is 8.67. The number of hydrogen-bond acceptors (Lipinski definition) is 5. The zero-order valence-electron chi connectivity index (χ0n) is 10.8. The van der Waals surface area contributed by atoms with Gasteiger partial charge in [-0.05, 0) is 31.9 Å².